The zero-order valence-electron chi connectivity index (χ0n) is 50.9. The lowest BCUT2D eigenvalue weighted by Crippen LogP contribution is -2.67. The Morgan fingerprint density at radius 1 is 0.912 bits per heavy atom. The van der Waals surface area contributed by atoms with Gasteiger partial charge in [-0.25, -0.2) is 4.39 Å². The number of methoxy groups -OCH3 is 1. The summed E-state index contributed by atoms with van der Waals surface area (Å²) in [6.07, 6.45) is -4.10. The molecular formula is C61H102FN3O15. The van der Waals surface area contributed by atoms with Crippen molar-refractivity contribution < 1.29 is 77.8 Å². The summed E-state index contributed by atoms with van der Waals surface area (Å²) in [4.78, 5) is 45.6. The summed E-state index contributed by atoms with van der Waals surface area (Å²) in [6.45, 7) is 24.1. The number of amides is 1. The van der Waals surface area contributed by atoms with Gasteiger partial charge in [-0.2, -0.15) is 0 Å². The Bertz CT molecular complexity index is 2250. The molecular weight excluding hydrogens is 1030 g/mol. The molecule has 1 amide bonds. The van der Waals surface area contributed by atoms with E-state index in [1.807, 2.05) is 51.6 Å². The van der Waals surface area contributed by atoms with Gasteiger partial charge in [0.25, 0.3) is 0 Å². The van der Waals surface area contributed by atoms with E-state index in [2.05, 4.69) is 5.32 Å². The van der Waals surface area contributed by atoms with Crippen LogP contribution in [0.5, 0.6) is 0 Å². The van der Waals surface area contributed by atoms with Crippen LogP contribution in [-0.4, -0.2) is 201 Å². The lowest BCUT2D eigenvalue weighted by molar-refractivity contribution is -0.318. The molecule has 7 rings (SSSR count). The minimum atomic E-state index is -2.00. The van der Waals surface area contributed by atoms with Crippen molar-refractivity contribution in [2.24, 2.45) is 52.3 Å². The van der Waals surface area contributed by atoms with Crippen LogP contribution in [0, 0.1) is 52.3 Å². The maximum Gasteiger partial charge on any atom is 0.311 e. The SMILES string of the molecule is CC[C@H]1OC(=O)[C@H](C)[C@@H](O[C@H]2C[C@@](C)(OC)[C@@H](O)[C@H](C)O2)[C@H](C)[C@@H](O[C@@H]2O[C@H](C)C[C@H](N(C)C)[C@H]2O)[C@](C)(O)C[C@@H](C)CN(CCCNC(=O)[C@H]2[C@H](C)CC3C4CCC5=CC(=O)C=C[C@]5(C)[C@@]4(F)[C@@H](O)C[C@@]32C)[C@H](C)[C@@H](O)[C@]1(C)O. The smallest absolute Gasteiger partial charge is 0.311 e. The number of esters is 1. The second-order valence-electron chi connectivity index (χ2n) is 27.4. The molecule has 0 radical (unpaired) electrons. The van der Waals surface area contributed by atoms with Crippen LogP contribution in [-0.2, 0) is 42.8 Å². The molecule has 0 aromatic heterocycles. The molecule has 7 aliphatic rings. The summed E-state index contributed by atoms with van der Waals surface area (Å²) in [6, 6.07) is -1.10. The molecule has 0 aromatic rings. The number of alkyl halides is 1. The molecule has 2 unspecified atom stereocenters. The quantitative estimate of drug-likeness (QED) is 0.100. The minimum Gasteiger partial charge on any atom is -0.459 e. The molecule has 3 aliphatic heterocycles. The number of hydrogen-bond acceptors (Lipinski definition) is 17. The number of nitrogens with one attached hydrogen (secondary N) is 1. The number of likely N-dealkylation sites (N-methyl/N-ethyl adjacent to an activating group) is 1. The summed E-state index contributed by atoms with van der Waals surface area (Å²) >= 11 is 0. The van der Waals surface area contributed by atoms with Crippen molar-refractivity contribution in [3.63, 3.8) is 0 Å². The average molecular weight is 1140 g/mol. The van der Waals surface area contributed by atoms with Crippen LogP contribution < -0.4 is 5.32 Å². The maximum absolute atomic E-state index is 17.9. The number of halogens is 1. The topological polar surface area (TPSA) is 246 Å². The summed E-state index contributed by atoms with van der Waals surface area (Å²) < 4.78 is 56.2. The lowest BCUT2D eigenvalue weighted by atomic mass is 9.45. The third kappa shape index (κ3) is 12.0. The number of carbonyl (C=O) groups is 3. The number of nitrogens with zero attached hydrogens (tertiary/aromatic N) is 2. The number of allylic oxidation sites excluding steroid dienone is 4. The number of carbonyl (C=O) groups excluding carboxylic acids is 3. The Hall–Kier alpha value is -2.50. The number of fused-ring (bicyclic) bond motifs is 5. The van der Waals surface area contributed by atoms with Gasteiger partial charge in [-0.1, -0.05) is 46.3 Å². The molecule has 0 spiro atoms. The summed E-state index contributed by atoms with van der Waals surface area (Å²) in [5.74, 6) is -4.64. The standard InChI is InChI=1S/C61H102FN3O15/c1-17-45-60(13,74)50(69)37(7)65(24-18-23-63-53(71)47-33(3)25-42-41-20-19-39-27-40(66)21-22-57(39,10)61(41,62)44(67)29-56(42,47)9)31-32(2)28-58(11,73)52(80-55-48(68)43(64(14)15)26-34(4)76-55)35(5)49(36(6)54(72)78-45)79-46-30-59(12,75-16)51(70)38(8)77-46/h21-22,27,32-38,41-52,55,67-70,73-74H,17-20,23-26,28-31H2,1-16H3,(H,63,71)/t32-,33-,34-,35+,36-,37-,38+,41?,42?,43+,44+,45-,46+,47-,48-,49+,50-,51+,52-,55+,56+,57+,58-,59-,60-,61+/m1/s1. The number of ketones is 1. The van der Waals surface area contributed by atoms with Crippen LogP contribution in [0.1, 0.15) is 148 Å². The number of cyclic esters (lactones) is 1. The Morgan fingerprint density at radius 2 is 1.59 bits per heavy atom. The van der Waals surface area contributed by atoms with Gasteiger partial charge in [0.2, 0.25) is 5.91 Å². The fourth-order valence-electron chi connectivity index (χ4n) is 16.6. The van der Waals surface area contributed by atoms with Crippen LogP contribution in [0.3, 0.4) is 0 Å². The molecule has 3 saturated heterocycles. The van der Waals surface area contributed by atoms with Crippen molar-refractivity contribution in [2.45, 2.75) is 250 Å². The molecule has 0 bridgehead atoms. The Labute approximate surface area is 475 Å². The highest BCUT2D eigenvalue weighted by Crippen LogP contribution is 2.69. The monoisotopic (exact) mass is 1140 g/mol. The fraction of sp³-hybridized carbons (Fsp3) is 0.885. The van der Waals surface area contributed by atoms with Gasteiger partial charge in [0.15, 0.2) is 24.0 Å². The molecule has 0 aromatic carbocycles. The van der Waals surface area contributed by atoms with Gasteiger partial charge in [-0.15, -0.1) is 0 Å². The van der Waals surface area contributed by atoms with Gasteiger partial charge in [0.05, 0.1) is 47.6 Å². The third-order valence-corrected chi connectivity index (χ3v) is 21.2. The van der Waals surface area contributed by atoms with E-state index >= 15 is 4.39 Å². The van der Waals surface area contributed by atoms with Gasteiger partial charge < -0.3 is 69.3 Å². The van der Waals surface area contributed by atoms with Crippen molar-refractivity contribution in [1.29, 1.82) is 0 Å². The predicted molar refractivity (Wildman–Crippen MR) is 297 cm³/mol. The van der Waals surface area contributed by atoms with Crippen molar-refractivity contribution in [2.75, 3.05) is 40.8 Å². The number of aliphatic hydroxyl groups is 6. The second-order valence-corrected chi connectivity index (χ2v) is 27.4. The Morgan fingerprint density at radius 3 is 2.23 bits per heavy atom. The highest BCUT2D eigenvalue weighted by atomic mass is 19.1. The van der Waals surface area contributed by atoms with Crippen LogP contribution in [0.15, 0.2) is 23.8 Å². The van der Waals surface area contributed by atoms with Crippen LogP contribution in [0.4, 0.5) is 4.39 Å². The largest absolute Gasteiger partial charge is 0.459 e. The molecule has 19 heteroatoms. The summed E-state index contributed by atoms with van der Waals surface area (Å²) in [7, 11) is 5.23. The van der Waals surface area contributed by atoms with E-state index in [-0.39, 0.29) is 73.8 Å². The Kier molecular flexibility index (Phi) is 19.9. The first-order chi connectivity index (χ1) is 37.1. The van der Waals surface area contributed by atoms with Crippen LogP contribution in [0.2, 0.25) is 0 Å². The fourth-order valence-corrected chi connectivity index (χ4v) is 16.6. The first-order valence-electron chi connectivity index (χ1n) is 30.0. The minimum absolute atomic E-state index is 0.0779. The van der Waals surface area contributed by atoms with E-state index < -0.39 is 130 Å². The number of hydrogen-bond donors (Lipinski definition) is 7. The molecule has 3 heterocycles. The number of rotatable bonds is 12. The average Bonchev–Trinajstić information content (AvgIpc) is 3.64. The van der Waals surface area contributed by atoms with Gasteiger partial charge in [-0.3, -0.25) is 19.3 Å². The van der Waals surface area contributed by atoms with Gasteiger partial charge >= 0.3 is 5.97 Å². The normalized spacial score (nSPS) is 49.9. The van der Waals surface area contributed by atoms with E-state index in [4.69, 9.17) is 28.4 Å². The number of ether oxygens (including phenoxy) is 6. The molecule has 4 aliphatic carbocycles. The van der Waals surface area contributed by atoms with E-state index in [9.17, 15) is 45.0 Å². The first kappa shape index (κ1) is 65.1. The molecule has 26 atom stereocenters. The molecule has 7 N–H and O–H groups in total. The molecule has 458 valence electrons. The first-order valence-corrected chi connectivity index (χ1v) is 30.0. The predicted octanol–water partition coefficient (Wildman–Crippen LogP) is 5.01. The molecule has 6 fully saturated rings. The van der Waals surface area contributed by atoms with E-state index in [1.165, 1.54) is 26.2 Å². The molecule has 80 heavy (non-hydrogen) atoms. The van der Waals surface area contributed by atoms with Gasteiger partial charge in [0.1, 0.15) is 30.0 Å². The lowest BCUT2D eigenvalue weighted by Gasteiger charge is -2.61. The summed E-state index contributed by atoms with van der Waals surface area (Å²) in [5.41, 5.74) is -7.87. The summed E-state index contributed by atoms with van der Waals surface area (Å²) in [5, 5.41) is 75.9. The van der Waals surface area contributed by atoms with Crippen molar-refractivity contribution in [3.05, 3.63) is 23.8 Å². The second kappa shape index (κ2) is 24.5. The van der Waals surface area contributed by atoms with E-state index in [0.29, 0.717) is 50.8 Å². The van der Waals surface area contributed by atoms with E-state index in [0.717, 1.165) is 0 Å². The molecule has 18 nitrogen and oxygen atoms in total. The zero-order valence-corrected chi connectivity index (χ0v) is 50.9. The van der Waals surface area contributed by atoms with Gasteiger partial charge in [0, 0.05) is 68.4 Å². The van der Waals surface area contributed by atoms with E-state index in [1.54, 1.807) is 61.5 Å². The van der Waals surface area contributed by atoms with Crippen LogP contribution in [0.25, 0.3) is 0 Å². The highest BCUT2D eigenvalue weighted by molar-refractivity contribution is 6.01. The zero-order chi connectivity index (χ0) is 59.6. The molecule has 3 saturated carbocycles. The van der Waals surface area contributed by atoms with Gasteiger partial charge in [-0.05, 0) is 156 Å². The van der Waals surface area contributed by atoms with Crippen molar-refractivity contribution >= 4 is 17.7 Å². The Balaban J connectivity index is 1.15. The van der Waals surface area contributed by atoms with Crippen molar-refractivity contribution in [3.8, 4) is 0 Å². The third-order valence-electron chi connectivity index (χ3n) is 21.2. The maximum atomic E-state index is 17.9. The number of aliphatic hydroxyl groups excluding tert-OH is 4. The van der Waals surface area contributed by atoms with Crippen molar-refractivity contribution in [1.82, 2.24) is 15.1 Å². The van der Waals surface area contributed by atoms with Crippen LogP contribution >= 0.6 is 0 Å². The highest BCUT2D eigenvalue weighted by Gasteiger charge is 2.72.